The molecule has 0 saturated carbocycles. The number of thiol groups is 1. The number of hydrogen-bond acceptors (Lipinski definition) is 2. The average molecular weight is 167 g/mol. The maximum atomic E-state index is 4.24. The Labute approximate surface area is 73.2 Å². The van der Waals surface area contributed by atoms with Crippen LogP contribution < -0.4 is 5.32 Å². The molecule has 0 aliphatic heterocycles. The van der Waals surface area contributed by atoms with Crippen LogP contribution in [0.1, 0.15) is 13.3 Å². The molecule has 1 aromatic carbocycles. The summed E-state index contributed by atoms with van der Waals surface area (Å²) in [6.45, 7) is 3.18. The quantitative estimate of drug-likeness (QED) is 0.660. The van der Waals surface area contributed by atoms with Gasteiger partial charge in [0.15, 0.2) is 0 Å². The third-order valence-electron chi connectivity index (χ3n) is 1.43. The van der Waals surface area contributed by atoms with Gasteiger partial charge in [-0.05, 0) is 24.6 Å². The van der Waals surface area contributed by atoms with E-state index in [1.165, 1.54) is 0 Å². The van der Waals surface area contributed by atoms with Crippen LogP contribution in [0, 0.1) is 0 Å². The molecule has 0 bridgehead atoms. The van der Waals surface area contributed by atoms with Crippen molar-refractivity contribution in [3.63, 3.8) is 0 Å². The minimum Gasteiger partial charge on any atom is -0.385 e. The van der Waals surface area contributed by atoms with Gasteiger partial charge < -0.3 is 5.32 Å². The lowest BCUT2D eigenvalue weighted by Gasteiger charge is -2.03. The van der Waals surface area contributed by atoms with E-state index in [0.717, 1.165) is 23.5 Å². The Balaban J connectivity index is 2.56. The normalized spacial score (nSPS) is 9.64. The predicted molar refractivity (Wildman–Crippen MR) is 52.5 cm³/mol. The monoisotopic (exact) mass is 167 g/mol. The molecule has 0 unspecified atom stereocenters. The van der Waals surface area contributed by atoms with Gasteiger partial charge in [0.2, 0.25) is 0 Å². The van der Waals surface area contributed by atoms with Crippen LogP contribution in [0.2, 0.25) is 0 Å². The highest BCUT2D eigenvalue weighted by Gasteiger charge is 1.89. The van der Waals surface area contributed by atoms with Gasteiger partial charge in [0, 0.05) is 17.1 Å². The zero-order chi connectivity index (χ0) is 8.10. The average Bonchev–Trinajstić information content (AvgIpc) is 2.01. The first-order valence-electron chi connectivity index (χ1n) is 3.86. The van der Waals surface area contributed by atoms with E-state index in [-0.39, 0.29) is 0 Å². The van der Waals surface area contributed by atoms with Crippen LogP contribution in [0.15, 0.2) is 29.2 Å². The highest BCUT2D eigenvalue weighted by molar-refractivity contribution is 7.80. The Kier molecular flexibility index (Phi) is 3.30. The standard InChI is InChI=1S/C9H13NS/c1-2-6-10-8-4-3-5-9(11)7-8/h3-5,7,10-11H,2,6H2,1H3. The van der Waals surface area contributed by atoms with Gasteiger partial charge in [-0.15, -0.1) is 12.6 Å². The van der Waals surface area contributed by atoms with Crippen molar-refractivity contribution in [1.82, 2.24) is 0 Å². The highest BCUT2D eigenvalue weighted by Crippen LogP contribution is 2.12. The zero-order valence-electron chi connectivity index (χ0n) is 6.67. The van der Waals surface area contributed by atoms with Crippen LogP contribution in [0.5, 0.6) is 0 Å². The van der Waals surface area contributed by atoms with E-state index in [9.17, 15) is 0 Å². The van der Waals surface area contributed by atoms with Gasteiger partial charge in [-0.3, -0.25) is 0 Å². The molecule has 0 aliphatic carbocycles. The van der Waals surface area contributed by atoms with Crippen molar-refractivity contribution in [2.45, 2.75) is 18.2 Å². The molecular formula is C9H13NS. The minimum atomic E-state index is 1.01. The molecule has 0 radical (unpaired) electrons. The van der Waals surface area contributed by atoms with Crippen molar-refractivity contribution in [3.05, 3.63) is 24.3 Å². The van der Waals surface area contributed by atoms with Gasteiger partial charge in [-0.1, -0.05) is 13.0 Å². The molecule has 1 rings (SSSR count). The summed E-state index contributed by atoms with van der Waals surface area (Å²) in [6.07, 6.45) is 1.15. The molecule has 1 aromatic rings. The Bertz CT molecular complexity index is 223. The van der Waals surface area contributed by atoms with Gasteiger partial charge in [0.25, 0.3) is 0 Å². The van der Waals surface area contributed by atoms with E-state index in [4.69, 9.17) is 0 Å². The molecule has 2 heteroatoms. The molecule has 0 fully saturated rings. The van der Waals surface area contributed by atoms with Crippen LogP contribution in [-0.4, -0.2) is 6.54 Å². The summed E-state index contributed by atoms with van der Waals surface area (Å²) in [5.41, 5.74) is 1.15. The topological polar surface area (TPSA) is 12.0 Å². The third-order valence-corrected chi connectivity index (χ3v) is 1.70. The SMILES string of the molecule is CCCNc1cccc(S)c1. The maximum absolute atomic E-state index is 4.24. The molecule has 0 heterocycles. The minimum absolute atomic E-state index is 1.01. The van der Waals surface area contributed by atoms with Crippen LogP contribution >= 0.6 is 12.6 Å². The number of hydrogen-bond donors (Lipinski definition) is 2. The Morgan fingerprint density at radius 1 is 1.45 bits per heavy atom. The van der Waals surface area contributed by atoms with Crippen molar-refractivity contribution < 1.29 is 0 Å². The lowest BCUT2D eigenvalue weighted by molar-refractivity contribution is 0.979. The molecule has 0 aromatic heterocycles. The van der Waals surface area contributed by atoms with Crippen molar-refractivity contribution in [1.29, 1.82) is 0 Å². The fourth-order valence-electron chi connectivity index (χ4n) is 0.885. The number of nitrogens with one attached hydrogen (secondary N) is 1. The number of rotatable bonds is 3. The molecule has 0 aliphatic rings. The molecule has 1 N–H and O–H groups in total. The van der Waals surface area contributed by atoms with E-state index in [1.54, 1.807) is 0 Å². The molecule has 0 spiro atoms. The summed E-state index contributed by atoms with van der Waals surface area (Å²) in [4.78, 5) is 1.01. The lowest BCUT2D eigenvalue weighted by Crippen LogP contribution is -1.98. The van der Waals surface area contributed by atoms with E-state index < -0.39 is 0 Å². The summed E-state index contributed by atoms with van der Waals surface area (Å²) < 4.78 is 0. The summed E-state index contributed by atoms with van der Waals surface area (Å²) >= 11 is 4.24. The Morgan fingerprint density at radius 2 is 2.27 bits per heavy atom. The molecule has 0 saturated heterocycles. The van der Waals surface area contributed by atoms with Gasteiger partial charge >= 0.3 is 0 Å². The van der Waals surface area contributed by atoms with E-state index in [2.05, 4.69) is 30.9 Å². The summed E-state index contributed by atoms with van der Waals surface area (Å²) in [5, 5.41) is 3.29. The molecule has 60 valence electrons. The zero-order valence-corrected chi connectivity index (χ0v) is 7.57. The molecule has 11 heavy (non-hydrogen) atoms. The molecule has 0 atom stereocenters. The Hall–Kier alpha value is -0.630. The lowest BCUT2D eigenvalue weighted by atomic mass is 10.3. The fourth-order valence-corrected chi connectivity index (χ4v) is 1.11. The number of benzene rings is 1. The maximum Gasteiger partial charge on any atom is 0.0351 e. The molecule has 0 amide bonds. The van der Waals surface area contributed by atoms with Crippen molar-refractivity contribution in [3.8, 4) is 0 Å². The second kappa shape index (κ2) is 4.29. The summed E-state index contributed by atoms with van der Waals surface area (Å²) in [7, 11) is 0. The van der Waals surface area contributed by atoms with E-state index in [1.807, 2.05) is 18.2 Å². The highest BCUT2D eigenvalue weighted by atomic mass is 32.1. The predicted octanol–water partition coefficient (Wildman–Crippen LogP) is 2.80. The van der Waals surface area contributed by atoms with Crippen LogP contribution in [0.25, 0.3) is 0 Å². The first-order chi connectivity index (χ1) is 5.33. The Morgan fingerprint density at radius 3 is 2.91 bits per heavy atom. The molecular weight excluding hydrogens is 154 g/mol. The van der Waals surface area contributed by atoms with Gasteiger partial charge in [-0.25, -0.2) is 0 Å². The van der Waals surface area contributed by atoms with Gasteiger partial charge in [-0.2, -0.15) is 0 Å². The van der Waals surface area contributed by atoms with Crippen LogP contribution in [-0.2, 0) is 0 Å². The summed E-state index contributed by atoms with van der Waals surface area (Å²) in [5.74, 6) is 0. The summed E-state index contributed by atoms with van der Waals surface area (Å²) in [6, 6.07) is 8.05. The largest absolute Gasteiger partial charge is 0.385 e. The van der Waals surface area contributed by atoms with Crippen LogP contribution in [0.3, 0.4) is 0 Å². The molecule has 1 nitrogen and oxygen atoms in total. The first kappa shape index (κ1) is 8.47. The number of anilines is 1. The van der Waals surface area contributed by atoms with Crippen molar-refractivity contribution in [2.75, 3.05) is 11.9 Å². The van der Waals surface area contributed by atoms with Crippen molar-refractivity contribution in [2.24, 2.45) is 0 Å². The van der Waals surface area contributed by atoms with E-state index >= 15 is 0 Å². The first-order valence-corrected chi connectivity index (χ1v) is 4.30. The second-order valence-corrected chi connectivity index (χ2v) is 2.99. The van der Waals surface area contributed by atoms with Crippen LogP contribution in [0.4, 0.5) is 5.69 Å². The fraction of sp³-hybridized carbons (Fsp3) is 0.333. The van der Waals surface area contributed by atoms with E-state index in [0.29, 0.717) is 0 Å². The van der Waals surface area contributed by atoms with Crippen molar-refractivity contribution >= 4 is 18.3 Å². The van der Waals surface area contributed by atoms with Gasteiger partial charge in [0.1, 0.15) is 0 Å². The second-order valence-electron chi connectivity index (χ2n) is 2.48. The van der Waals surface area contributed by atoms with Gasteiger partial charge in [0.05, 0.1) is 0 Å². The smallest absolute Gasteiger partial charge is 0.0351 e. The third kappa shape index (κ3) is 2.85.